The maximum absolute atomic E-state index is 11.4. The lowest BCUT2D eigenvalue weighted by atomic mass is 10.2. The zero-order chi connectivity index (χ0) is 11.8. The van der Waals surface area contributed by atoms with Gasteiger partial charge in [-0.2, -0.15) is 0 Å². The SMILES string of the molecule is CCCC(C)OC(=O)/C=C/c1ccccc1. The minimum absolute atomic E-state index is 0.00192. The summed E-state index contributed by atoms with van der Waals surface area (Å²) in [5.74, 6) is -0.273. The average Bonchev–Trinajstić information content (AvgIpc) is 2.28. The van der Waals surface area contributed by atoms with Crippen LogP contribution in [0.5, 0.6) is 0 Å². The fraction of sp³-hybridized carbons (Fsp3) is 0.357. The second-order valence-corrected chi connectivity index (χ2v) is 3.78. The number of hydrogen-bond acceptors (Lipinski definition) is 2. The summed E-state index contributed by atoms with van der Waals surface area (Å²) in [6.45, 7) is 3.99. The number of carbonyl (C=O) groups excluding carboxylic acids is 1. The number of esters is 1. The van der Waals surface area contributed by atoms with Gasteiger partial charge in [0.1, 0.15) is 0 Å². The largest absolute Gasteiger partial charge is 0.460 e. The smallest absolute Gasteiger partial charge is 0.331 e. The first-order valence-electron chi connectivity index (χ1n) is 5.66. The molecule has 1 unspecified atom stereocenters. The zero-order valence-electron chi connectivity index (χ0n) is 9.85. The molecule has 0 bridgehead atoms. The second kappa shape index (κ2) is 6.83. The first kappa shape index (κ1) is 12.5. The summed E-state index contributed by atoms with van der Waals surface area (Å²) in [6.07, 6.45) is 5.17. The molecule has 0 N–H and O–H groups in total. The van der Waals surface area contributed by atoms with Gasteiger partial charge in [-0.05, 0) is 25.0 Å². The molecule has 0 amide bonds. The van der Waals surface area contributed by atoms with Crippen molar-refractivity contribution in [3.63, 3.8) is 0 Å². The predicted octanol–water partition coefficient (Wildman–Crippen LogP) is 3.43. The van der Waals surface area contributed by atoms with E-state index in [-0.39, 0.29) is 12.1 Å². The molecule has 1 aromatic carbocycles. The maximum atomic E-state index is 11.4. The van der Waals surface area contributed by atoms with E-state index in [4.69, 9.17) is 4.74 Å². The van der Waals surface area contributed by atoms with Crippen LogP contribution in [0.1, 0.15) is 32.3 Å². The zero-order valence-corrected chi connectivity index (χ0v) is 9.85. The molecule has 0 aromatic heterocycles. The molecule has 0 heterocycles. The lowest BCUT2D eigenvalue weighted by Crippen LogP contribution is -2.12. The van der Waals surface area contributed by atoms with Crippen LogP contribution in [0.3, 0.4) is 0 Å². The van der Waals surface area contributed by atoms with Crippen LogP contribution in [-0.4, -0.2) is 12.1 Å². The Morgan fingerprint density at radius 1 is 1.38 bits per heavy atom. The summed E-state index contributed by atoms with van der Waals surface area (Å²) in [4.78, 5) is 11.4. The Hall–Kier alpha value is -1.57. The third-order valence-corrected chi connectivity index (χ3v) is 2.22. The van der Waals surface area contributed by atoms with Gasteiger partial charge in [-0.15, -0.1) is 0 Å². The monoisotopic (exact) mass is 218 g/mol. The van der Waals surface area contributed by atoms with Crippen molar-refractivity contribution in [2.24, 2.45) is 0 Å². The van der Waals surface area contributed by atoms with Crippen molar-refractivity contribution in [2.75, 3.05) is 0 Å². The molecule has 0 aliphatic heterocycles. The standard InChI is InChI=1S/C14H18O2/c1-3-7-12(2)16-14(15)11-10-13-8-5-4-6-9-13/h4-6,8-12H,3,7H2,1-2H3/b11-10+. The Morgan fingerprint density at radius 2 is 2.06 bits per heavy atom. The molecular formula is C14H18O2. The van der Waals surface area contributed by atoms with Gasteiger partial charge in [0.05, 0.1) is 6.10 Å². The molecule has 2 heteroatoms. The lowest BCUT2D eigenvalue weighted by molar-refractivity contribution is -0.142. The van der Waals surface area contributed by atoms with Gasteiger partial charge in [0.2, 0.25) is 0 Å². The van der Waals surface area contributed by atoms with E-state index in [9.17, 15) is 4.79 Å². The van der Waals surface area contributed by atoms with E-state index in [1.54, 1.807) is 6.08 Å². The molecule has 0 spiro atoms. The van der Waals surface area contributed by atoms with Gasteiger partial charge < -0.3 is 4.74 Å². The highest BCUT2D eigenvalue weighted by atomic mass is 16.5. The van der Waals surface area contributed by atoms with E-state index in [1.807, 2.05) is 37.3 Å². The number of carbonyl (C=O) groups is 1. The number of benzene rings is 1. The predicted molar refractivity (Wildman–Crippen MR) is 65.9 cm³/mol. The van der Waals surface area contributed by atoms with Gasteiger partial charge >= 0.3 is 5.97 Å². The number of hydrogen-bond donors (Lipinski definition) is 0. The van der Waals surface area contributed by atoms with Gasteiger partial charge in [0, 0.05) is 6.08 Å². The average molecular weight is 218 g/mol. The fourth-order valence-electron chi connectivity index (χ4n) is 1.43. The molecule has 0 radical (unpaired) electrons. The van der Waals surface area contributed by atoms with E-state index in [2.05, 4.69) is 6.92 Å². The quantitative estimate of drug-likeness (QED) is 0.559. The highest BCUT2D eigenvalue weighted by molar-refractivity contribution is 5.87. The Bertz CT molecular complexity index is 341. The molecule has 0 saturated carbocycles. The van der Waals surface area contributed by atoms with Gasteiger partial charge in [0.25, 0.3) is 0 Å². The molecule has 1 atom stereocenters. The van der Waals surface area contributed by atoms with E-state index in [0.717, 1.165) is 18.4 Å². The van der Waals surface area contributed by atoms with Crippen molar-refractivity contribution in [1.82, 2.24) is 0 Å². The molecule has 0 fully saturated rings. The Labute approximate surface area is 96.9 Å². The molecule has 0 saturated heterocycles. The summed E-state index contributed by atoms with van der Waals surface area (Å²) in [7, 11) is 0. The van der Waals surface area contributed by atoms with Gasteiger partial charge in [-0.3, -0.25) is 0 Å². The summed E-state index contributed by atoms with van der Waals surface area (Å²) >= 11 is 0. The molecule has 16 heavy (non-hydrogen) atoms. The highest BCUT2D eigenvalue weighted by Crippen LogP contribution is 2.04. The Balaban J connectivity index is 2.42. The van der Waals surface area contributed by atoms with Crippen LogP contribution in [0.2, 0.25) is 0 Å². The minimum atomic E-state index is -0.273. The van der Waals surface area contributed by atoms with Gasteiger partial charge in [-0.1, -0.05) is 43.7 Å². The van der Waals surface area contributed by atoms with E-state index in [1.165, 1.54) is 6.08 Å². The Morgan fingerprint density at radius 3 is 2.69 bits per heavy atom. The van der Waals surface area contributed by atoms with Crippen molar-refractivity contribution in [1.29, 1.82) is 0 Å². The first-order valence-corrected chi connectivity index (χ1v) is 5.66. The van der Waals surface area contributed by atoms with Crippen molar-refractivity contribution < 1.29 is 9.53 Å². The van der Waals surface area contributed by atoms with Crippen LogP contribution in [-0.2, 0) is 9.53 Å². The van der Waals surface area contributed by atoms with Crippen molar-refractivity contribution in [3.05, 3.63) is 42.0 Å². The van der Waals surface area contributed by atoms with Crippen molar-refractivity contribution >= 4 is 12.0 Å². The Kier molecular flexibility index (Phi) is 5.34. The fourth-order valence-corrected chi connectivity index (χ4v) is 1.43. The third-order valence-electron chi connectivity index (χ3n) is 2.22. The molecular weight excluding hydrogens is 200 g/mol. The van der Waals surface area contributed by atoms with E-state index in [0.29, 0.717) is 0 Å². The minimum Gasteiger partial charge on any atom is -0.460 e. The molecule has 1 aromatic rings. The maximum Gasteiger partial charge on any atom is 0.331 e. The van der Waals surface area contributed by atoms with E-state index < -0.39 is 0 Å². The van der Waals surface area contributed by atoms with Crippen LogP contribution in [0.15, 0.2) is 36.4 Å². The molecule has 1 rings (SSSR count). The van der Waals surface area contributed by atoms with Crippen LogP contribution >= 0.6 is 0 Å². The van der Waals surface area contributed by atoms with Gasteiger partial charge in [0.15, 0.2) is 0 Å². The molecule has 2 nitrogen and oxygen atoms in total. The van der Waals surface area contributed by atoms with Crippen LogP contribution in [0, 0.1) is 0 Å². The summed E-state index contributed by atoms with van der Waals surface area (Å²) in [6, 6.07) is 9.70. The molecule has 86 valence electrons. The van der Waals surface area contributed by atoms with Crippen molar-refractivity contribution in [2.45, 2.75) is 32.8 Å². The number of rotatable bonds is 5. The summed E-state index contributed by atoms with van der Waals surface area (Å²) in [5, 5.41) is 0. The van der Waals surface area contributed by atoms with Crippen LogP contribution in [0.4, 0.5) is 0 Å². The lowest BCUT2D eigenvalue weighted by Gasteiger charge is -2.09. The third kappa shape index (κ3) is 4.78. The van der Waals surface area contributed by atoms with Crippen LogP contribution < -0.4 is 0 Å². The van der Waals surface area contributed by atoms with Gasteiger partial charge in [-0.25, -0.2) is 4.79 Å². The van der Waals surface area contributed by atoms with Crippen LogP contribution in [0.25, 0.3) is 6.08 Å². The topological polar surface area (TPSA) is 26.3 Å². The highest BCUT2D eigenvalue weighted by Gasteiger charge is 2.04. The normalized spacial score (nSPS) is 12.6. The summed E-state index contributed by atoms with van der Waals surface area (Å²) < 4.78 is 5.19. The molecule has 0 aliphatic rings. The van der Waals surface area contributed by atoms with Crippen molar-refractivity contribution in [3.8, 4) is 0 Å². The second-order valence-electron chi connectivity index (χ2n) is 3.78. The first-order chi connectivity index (χ1) is 7.72. The number of ether oxygens (including phenoxy) is 1. The van der Waals surface area contributed by atoms with E-state index >= 15 is 0 Å². The molecule has 0 aliphatic carbocycles. The summed E-state index contributed by atoms with van der Waals surface area (Å²) in [5.41, 5.74) is 1.00.